The fourth-order valence-electron chi connectivity index (χ4n) is 3.12. The normalized spacial score (nSPS) is 21.4. The summed E-state index contributed by atoms with van der Waals surface area (Å²) < 4.78 is 5.94. The second-order valence-electron chi connectivity index (χ2n) is 6.36. The molecule has 1 aromatic heterocycles. The van der Waals surface area contributed by atoms with Crippen molar-refractivity contribution >= 4 is 11.9 Å². The van der Waals surface area contributed by atoms with Crippen LogP contribution in [0, 0.1) is 0 Å². The number of amides is 1. The van der Waals surface area contributed by atoms with Gasteiger partial charge in [0.15, 0.2) is 0 Å². The molecule has 0 radical (unpaired) electrons. The monoisotopic (exact) mass is 355 g/mol. The van der Waals surface area contributed by atoms with Gasteiger partial charge >= 0.3 is 5.69 Å². The average Bonchev–Trinajstić information content (AvgIpc) is 3.12. The van der Waals surface area contributed by atoms with Gasteiger partial charge in [0, 0.05) is 19.8 Å². The number of carboxylic acid groups (broad SMARTS) is 1. The van der Waals surface area contributed by atoms with Crippen molar-refractivity contribution in [1.29, 1.82) is 0 Å². The van der Waals surface area contributed by atoms with Crippen LogP contribution >= 0.6 is 0 Å². The second kappa shape index (κ2) is 8.77. The van der Waals surface area contributed by atoms with Crippen molar-refractivity contribution in [1.82, 2.24) is 25.8 Å². The van der Waals surface area contributed by atoms with E-state index in [0.29, 0.717) is 25.3 Å². The van der Waals surface area contributed by atoms with Crippen molar-refractivity contribution < 1.29 is 19.4 Å². The van der Waals surface area contributed by atoms with Gasteiger partial charge in [-0.2, -0.15) is 5.10 Å². The van der Waals surface area contributed by atoms with E-state index in [1.54, 1.807) is 0 Å². The molecule has 3 rings (SSSR count). The van der Waals surface area contributed by atoms with Crippen molar-refractivity contribution in [2.75, 3.05) is 19.7 Å². The minimum absolute atomic E-state index is 0.0292. The smallest absolute Gasteiger partial charge is 0.340 e. The third kappa shape index (κ3) is 6.31. The van der Waals surface area contributed by atoms with Crippen LogP contribution < -0.4 is 16.3 Å². The molecular formula is C15H25N5O5. The maximum absolute atomic E-state index is 11.9. The molecule has 3 heterocycles. The number of nitrogens with one attached hydrogen (secondary N) is 4. The summed E-state index contributed by atoms with van der Waals surface area (Å²) in [5.41, 5.74) is -0.390. The highest BCUT2D eigenvalue weighted by atomic mass is 16.5. The zero-order chi connectivity index (χ0) is 18.3. The van der Waals surface area contributed by atoms with Gasteiger partial charge in [0.1, 0.15) is 5.82 Å². The molecule has 10 nitrogen and oxygen atoms in total. The van der Waals surface area contributed by atoms with Crippen LogP contribution in [0.3, 0.4) is 0 Å². The molecule has 2 saturated heterocycles. The fraction of sp³-hybridized carbons (Fsp3) is 0.733. The lowest BCUT2D eigenvalue weighted by atomic mass is 9.88. The molecular weight excluding hydrogens is 330 g/mol. The largest absolute Gasteiger partial charge is 0.481 e. The quantitative estimate of drug-likeness (QED) is 0.472. The molecule has 2 aliphatic heterocycles. The number of piperidine rings is 1. The fourth-order valence-corrected chi connectivity index (χ4v) is 3.12. The Bertz CT molecular complexity index is 630. The summed E-state index contributed by atoms with van der Waals surface area (Å²) in [6.45, 7) is 3.63. The number of H-pyrrole nitrogens is 2. The molecule has 5 N–H and O–H groups in total. The average molecular weight is 355 g/mol. The Balaban J connectivity index is 0.000000511. The van der Waals surface area contributed by atoms with Gasteiger partial charge < -0.3 is 20.5 Å². The number of aliphatic carboxylic acids is 1. The van der Waals surface area contributed by atoms with Gasteiger partial charge in [-0.1, -0.05) is 0 Å². The van der Waals surface area contributed by atoms with E-state index in [4.69, 9.17) is 14.6 Å². The Morgan fingerprint density at radius 2 is 2.08 bits per heavy atom. The maximum Gasteiger partial charge on any atom is 0.340 e. The SMILES string of the molecule is CC(=O)O.O=C(CCc1n[nH]c(=O)[nH]1)NC1COC2(CCNCC2)C1. The third-order valence-corrected chi connectivity index (χ3v) is 4.23. The summed E-state index contributed by atoms with van der Waals surface area (Å²) >= 11 is 0. The number of carbonyl (C=O) groups is 2. The minimum Gasteiger partial charge on any atom is -0.481 e. The number of nitrogens with zero attached hydrogens (tertiary/aromatic N) is 1. The Morgan fingerprint density at radius 3 is 2.68 bits per heavy atom. The van der Waals surface area contributed by atoms with Crippen LogP contribution in [0.2, 0.25) is 0 Å². The Labute approximate surface area is 144 Å². The van der Waals surface area contributed by atoms with Gasteiger partial charge in [-0.05, 0) is 32.4 Å². The highest BCUT2D eigenvalue weighted by Gasteiger charge is 2.41. The third-order valence-electron chi connectivity index (χ3n) is 4.23. The molecule has 25 heavy (non-hydrogen) atoms. The van der Waals surface area contributed by atoms with Gasteiger partial charge in [0.2, 0.25) is 5.91 Å². The summed E-state index contributed by atoms with van der Waals surface area (Å²) in [5, 5.41) is 19.8. The lowest BCUT2D eigenvalue weighted by Crippen LogP contribution is -2.43. The van der Waals surface area contributed by atoms with E-state index in [2.05, 4.69) is 25.8 Å². The molecule has 140 valence electrons. The first-order valence-corrected chi connectivity index (χ1v) is 8.36. The van der Waals surface area contributed by atoms with E-state index < -0.39 is 5.97 Å². The standard InChI is InChI=1S/C13H21N5O3.C2H4O2/c19-11(2-1-10-16-12(20)18-17-10)15-9-7-13(21-8-9)3-5-14-6-4-13;1-2(3)4/h9,14H,1-8H2,(H,15,19)(H2,16,17,18,20);1H3,(H,3,4). The van der Waals surface area contributed by atoms with Crippen LogP contribution in [-0.2, 0) is 20.7 Å². The molecule has 2 fully saturated rings. The summed E-state index contributed by atoms with van der Waals surface area (Å²) in [5.74, 6) is -0.355. The molecule has 1 aromatic rings. The zero-order valence-corrected chi connectivity index (χ0v) is 14.3. The van der Waals surface area contributed by atoms with Gasteiger partial charge in [0.05, 0.1) is 18.2 Å². The lowest BCUT2D eigenvalue weighted by molar-refractivity contribution is -0.134. The van der Waals surface area contributed by atoms with E-state index >= 15 is 0 Å². The summed E-state index contributed by atoms with van der Waals surface area (Å²) in [4.78, 5) is 34.4. The predicted octanol–water partition coefficient (Wildman–Crippen LogP) is -0.851. The first-order valence-electron chi connectivity index (χ1n) is 8.36. The van der Waals surface area contributed by atoms with Gasteiger partial charge in [-0.3, -0.25) is 14.6 Å². The lowest BCUT2D eigenvalue weighted by Gasteiger charge is -2.32. The first kappa shape index (κ1) is 19.1. The van der Waals surface area contributed by atoms with E-state index in [-0.39, 0.29) is 23.2 Å². The number of carbonyl (C=O) groups excluding carboxylic acids is 1. The predicted molar refractivity (Wildman–Crippen MR) is 88.2 cm³/mol. The summed E-state index contributed by atoms with van der Waals surface area (Å²) in [7, 11) is 0. The van der Waals surface area contributed by atoms with Crippen LogP contribution in [-0.4, -0.2) is 63.5 Å². The number of aromatic amines is 2. The Kier molecular flexibility index (Phi) is 6.71. The number of aromatic nitrogens is 3. The van der Waals surface area contributed by atoms with E-state index in [9.17, 15) is 9.59 Å². The number of hydrogen-bond acceptors (Lipinski definition) is 6. The number of rotatable bonds is 4. The number of ether oxygens (including phenoxy) is 1. The van der Waals surface area contributed by atoms with Crippen molar-refractivity contribution in [3.8, 4) is 0 Å². The highest BCUT2D eigenvalue weighted by Crippen LogP contribution is 2.33. The molecule has 2 aliphatic rings. The molecule has 1 atom stereocenters. The Morgan fingerprint density at radius 1 is 1.40 bits per heavy atom. The zero-order valence-electron chi connectivity index (χ0n) is 14.3. The van der Waals surface area contributed by atoms with Gasteiger partial charge in [0.25, 0.3) is 5.97 Å². The van der Waals surface area contributed by atoms with Crippen molar-refractivity contribution in [3.63, 3.8) is 0 Å². The van der Waals surface area contributed by atoms with Crippen LogP contribution in [0.25, 0.3) is 0 Å². The highest BCUT2D eigenvalue weighted by molar-refractivity contribution is 5.76. The van der Waals surface area contributed by atoms with E-state index in [0.717, 1.165) is 39.3 Å². The van der Waals surface area contributed by atoms with Crippen LogP contribution in [0.4, 0.5) is 0 Å². The van der Waals surface area contributed by atoms with Gasteiger partial charge in [-0.15, -0.1) is 0 Å². The number of carboxylic acids is 1. The maximum atomic E-state index is 11.9. The summed E-state index contributed by atoms with van der Waals surface area (Å²) in [6.07, 6.45) is 3.64. The molecule has 0 bridgehead atoms. The number of hydrogen-bond donors (Lipinski definition) is 5. The van der Waals surface area contributed by atoms with Crippen molar-refractivity contribution in [3.05, 3.63) is 16.3 Å². The number of aryl methyl sites for hydroxylation is 1. The summed E-state index contributed by atoms with van der Waals surface area (Å²) in [6, 6.07) is 0.0915. The van der Waals surface area contributed by atoms with Gasteiger partial charge in [-0.25, -0.2) is 9.89 Å². The Hall–Kier alpha value is -2.20. The van der Waals surface area contributed by atoms with E-state index in [1.807, 2.05) is 0 Å². The second-order valence-corrected chi connectivity index (χ2v) is 6.36. The molecule has 0 aromatic carbocycles. The van der Waals surface area contributed by atoms with Crippen LogP contribution in [0.1, 0.15) is 38.4 Å². The van der Waals surface area contributed by atoms with Crippen LogP contribution in [0.5, 0.6) is 0 Å². The van der Waals surface area contributed by atoms with E-state index in [1.165, 1.54) is 0 Å². The molecule has 1 unspecified atom stereocenters. The molecule has 10 heteroatoms. The molecule has 1 spiro atoms. The minimum atomic E-state index is -0.833. The molecule has 0 saturated carbocycles. The topological polar surface area (TPSA) is 149 Å². The first-order chi connectivity index (χ1) is 11.9. The van der Waals surface area contributed by atoms with Crippen LogP contribution in [0.15, 0.2) is 4.79 Å². The van der Waals surface area contributed by atoms with Crippen molar-refractivity contribution in [2.24, 2.45) is 0 Å². The molecule has 0 aliphatic carbocycles. The van der Waals surface area contributed by atoms with Crippen molar-refractivity contribution in [2.45, 2.75) is 50.7 Å². The molecule has 1 amide bonds.